The lowest BCUT2D eigenvalue weighted by Gasteiger charge is -2.05. The van der Waals surface area contributed by atoms with Gasteiger partial charge in [-0.25, -0.2) is 4.79 Å². The molecule has 26 heavy (non-hydrogen) atoms. The second-order valence-electron chi connectivity index (χ2n) is 5.35. The third kappa shape index (κ3) is 14.6. The summed E-state index contributed by atoms with van der Waals surface area (Å²) in [6.45, 7) is 2.03. The van der Waals surface area contributed by atoms with Crippen molar-refractivity contribution in [2.45, 2.75) is 38.3 Å². The van der Waals surface area contributed by atoms with E-state index in [0.29, 0.717) is 6.42 Å². The highest BCUT2D eigenvalue weighted by Gasteiger charge is 2.38. The third-order valence-corrected chi connectivity index (χ3v) is 3.32. The van der Waals surface area contributed by atoms with Gasteiger partial charge in [0.05, 0.1) is 0 Å². The zero-order chi connectivity index (χ0) is 19.8. The minimum atomic E-state index is -5.08. The molecule has 3 N–H and O–H groups in total. The second kappa shape index (κ2) is 14.4. The van der Waals surface area contributed by atoms with Gasteiger partial charge in [-0.05, 0) is 31.5 Å². The third-order valence-electron chi connectivity index (χ3n) is 3.10. The monoisotopic (exact) mass is 394 g/mol. The quantitative estimate of drug-likeness (QED) is 0.360. The SMILES string of the molecule is O=C(CCCCCCNCCS)Nc1ccccc1.O=C(O)C(F)(F)F. The highest BCUT2D eigenvalue weighted by atomic mass is 32.1. The summed E-state index contributed by atoms with van der Waals surface area (Å²) in [5.41, 5.74) is 0.878. The minimum absolute atomic E-state index is 0.111. The molecule has 1 rings (SSSR count). The van der Waals surface area contributed by atoms with Crippen molar-refractivity contribution in [1.82, 2.24) is 5.32 Å². The highest BCUT2D eigenvalue weighted by Crippen LogP contribution is 2.13. The summed E-state index contributed by atoms with van der Waals surface area (Å²) < 4.78 is 31.7. The van der Waals surface area contributed by atoms with Crippen LogP contribution in [0.15, 0.2) is 30.3 Å². The van der Waals surface area contributed by atoms with Crippen molar-refractivity contribution >= 4 is 30.2 Å². The van der Waals surface area contributed by atoms with Crippen molar-refractivity contribution in [3.05, 3.63) is 30.3 Å². The molecule has 0 aliphatic heterocycles. The number of para-hydroxylation sites is 1. The molecule has 1 aromatic rings. The van der Waals surface area contributed by atoms with Gasteiger partial charge in [-0.15, -0.1) is 0 Å². The van der Waals surface area contributed by atoms with Gasteiger partial charge in [-0.2, -0.15) is 25.8 Å². The van der Waals surface area contributed by atoms with Crippen LogP contribution in [0.4, 0.5) is 18.9 Å². The summed E-state index contributed by atoms with van der Waals surface area (Å²) in [6, 6.07) is 9.61. The Kier molecular flexibility index (Phi) is 13.5. The number of amides is 1. The van der Waals surface area contributed by atoms with Crippen molar-refractivity contribution in [2.75, 3.05) is 24.2 Å². The van der Waals surface area contributed by atoms with E-state index in [1.54, 1.807) is 0 Å². The fourth-order valence-corrected chi connectivity index (χ4v) is 2.00. The molecule has 1 amide bonds. The maximum absolute atomic E-state index is 11.7. The Bertz CT molecular complexity index is 514. The first-order chi connectivity index (χ1) is 12.3. The molecule has 0 saturated heterocycles. The zero-order valence-electron chi connectivity index (χ0n) is 14.4. The van der Waals surface area contributed by atoms with Crippen molar-refractivity contribution < 1.29 is 27.9 Å². The number of hydrogen-bond donors (Lipinski definition) is 4. The number of hydrogen-bond acceptors (Lipinski definition) is 4. The van der Waals surface area contributed by atoms with E-state index >= 15 is 0 Å². The number of benzene rings is 1. The van der Waals surface area contributed by atoms with Crippen LogP contribution < -0.4 is 10.6 Å². The van der Waals surface area contributed by atoms with Crippen LogP contribution in [0.3, 0.4) is 0 Å². The van der Waals surface area contributed by atoms with Crippen LogP contribution in [0.5, 0.6) is 0 Å². The van der Waals surface area contributed by atoms with Crippen molar-refractivity contribution in [1.29, 1.82) is 0 Å². The van der Waals surface area contributed by atoms with Gasteiger partial charge in [-0.3, -0.25) is 4.79 Å². The molecular weight excluding hydrogens is 369 g/mol. The van der Waals surface area contributed by atoms with Gasteiger partial charge in [0.2, 0.25) is 5.91 Å². The maximum atomic E-state index is 11.7. The number of nitrogens with one attached hydrogen (secondary N) is 2. The number of carbonyl (C=O) groups excluding carboxylic acids is 1. The summed E-state index contributed by atoms with van der Waals surface area (Å²) in [7, 11) is 0. The van der Waals surface area contributed by atoms with Crippen LogP contribution in [0.1, 0.15) is 32.1 Å². The lowest BCUT2D eigenvalue weighted by atomic mass is 10.1. The van der Waals surface area contributed by atoms with Gasteiger partial charge >= 0.3 is 12.1 Å². The molecule has 0 heterocycles. The van der Waals surface area contributed by atoms with Gasteiger partial charge in [0.1, 0.15) is 0 Å². The Hall–Kier alpha value is -1.74. The average molecular weight is 394 g/mol. The molecule has 0 atom stereocenters. The van der Waals surface area contributed by atoms with Gasteiger partial charge in [0.25, 0.3) is 0 Å². The number of carboxylic acid groups (broad SMARTS) is 1. The molecule has 0 unspecified atom stereocenters. The predicted octanol–water partition coefficient (Wildman–Crippen LogP) is 3.73. The Morgan fingerprint density at radius 3 is 2.12 bits per heavy atom. The van der Waals surface area contributed by atoms with E-state index in [0.717, 1.165) is 37.4 Å². The Balaban J connectivity index is 0.000000758. The van der Waals surface area contributed by atoms with Gasteiger partial charge in [0, 0.05) is 24.4 Å². The molecule has 0 spiro atoms. The minimum Gasteiger partial charge on any atom is -0.475 e. The van der Waals surface area contributed by atoms with E-state index in [1.807, 2.05) is 30.3 Å². The second-order valence-corrected chi connectivity index (χ2v) is 5.80. The number of carboxylic acids is 1. The van der Waals surface area contributed by atoms with Crippen LogP contribution in [0, 0.1) is 0 Å². The molecular formula is C17H25F3N2O3S. The molecule has 0 aromatic heterocycles. The number of alkyl halides is 3. The molecule has 0 aliphatic carbocycles. The number of carbonyl (C=O) groups is 2. The fraction of sp³-hybridized carbons (Fsp3) is 0.529. The maximum Gasteiger partial charge on any atom is 0.490 e. The molecule has 9 heteroatoms. The van der Waals surface area contributed by atoms with Crippen LogP contribution in [0.25, 0.3) is 0 Å². The van der Waals surface area contributed by atoms with Gasteiger partial charge in [-0.1, -0.05) is 31.0 Å². The summed E-state index contributed by atoms with van der Waals surface area (Å²) >= 11 is 4.14. The van der Waals surface area contributed by atoms with Crippen LogP contribution in [-0.2, 0) is 9.59 Å². The van der Waals surface area contributed by atoms with Crippen LogP contribution >= 0.6 is 12.6 Å². The molecule has 0 fully saturated rings. The molecule has 0 bridgehead atoms. The Morgan fingerprint density at radius 1 is 1.00 bits per heavy atom. The lowest BCUT2D eigenvalue weighted by molar-refractivity contribution is -0.192. The summed E-state index contributed by atoms with van der Waals surface area (Å²) in [6.07, 6.45) is -0.0404. The molecule has 0 aliphatic rings. The Morgan fingerprint density at radius 2 is 1.58 bits per heavy atom. The van der Waals surface area contributed by atoms with E-state index in [1.165, 1.54) is 12.8 Å². The first-order valence-electron chi connectivity index (χ1n) is 8.24. The number of unbranched alkanes of at least 4 members (excludes halogenated alkanes) is 3. The summed E-state index contributed by atoms with van der Waals surface area (Å²) in [5.74, 6) is -1.76. The molecule has 0 radical (unpaired) electrons. The van der Waals surface area contributed by atoms with E-state index in [-0.39, 0.29) is 5.91 Å². The normalized spacial score (nSPS) is 10.6. The van der Waals surface area contributed by atoms with Crippen molar-refractivity contribution in [2.24, 2.45) is 0 Å². The van der Waals surface area contributed by atoms with Crippen molar-refractivity contribution in [3.63, 3.8) is 0 Å². The van der Waals surface area contributed by atoms with Gasteiger partial charge in [0.15, 0.2) is 0 Å². The number of thiol groups is 1. The van der Waals surface area contributed by atoms with E-state index in [9.17, 15) is 18.0 Å². The zero-order valence-corrected chi connectivity index (χ0v) is 15.3. The number of rotatable bonds is 10. The standard InChI is InChI=1S/C15H24N2OS.C2HF3O2/c18-15(17-14-8-4-3-5-9-14)10-6-1-2-7-11-16-12-13-19;3-2(4,5)1(6)7/h3-5,8-9,16,19H,1-2,6-7,10-13H2,(H,17,18);(H,6,7). The molecule has 5 nitrogen and oxygen atoms in total. The topological polar surface area (TPSA) is 78.4 Å². The molecule has 1 aromatic carbocycles. The van der Waals surface area contributed by atoms with E-state index < -0.39 is 12.1 Å². The van der Waals surface area contributed by atoms with Crippen LogP contribution in [-0.4, -0.2) is 42.0 Å². The largest absolute Gasteiger partial charge is 0.490 e. The summed E-state index contributed by atoms with van der Waals surface area (Å²) in [5, 5.41) is 13.3. The first kappa shape index (κ1) is 24.3. The Labute approximate surface area is 156 Å². The van der Waals surface area contributed by atoms with Crippen molar-refractivity contribution in [3.8, 4) is 0 Å². The number of anilines is 1. The number of halogens is 3. The van der Waals surface area contributed by atoms with E-state index in [4.69, 9.17) is 9.90 Å². The first-order valence-corrected chi connectivity index (χ1v) is 8.87. The average Bonchev–Trinajstić information content (AvgIpc) is 2.58. The molecule has 0 saturated carbocycles. The molecule has 148 valence electrons. The summed E-state index contributed by atoms with van der Waals surface area (Å²) in [4.78, 5) is 20.6. The van der Waals surface area contributed by atoms with E-state index in [2.05, 4.69) is 23.3 Å². The van der Waals surface area contributed by atoms with Crippen LogP contribution in [0.2, 0.25) is 0 Å². The predicted molar refractivity (Wildman–Crippen MR) is 98.6 cm³/mol. The van der Waals surface area contributed by atoms with Gasteiger partial charge < -0.3 is 15.7 Å². The fourth-order valence-electron chi connectivity index (χ4n) is 1.84. The number of aliphatic carboxylic acids is 1. The highest BCUT2D eigenvalue weighted by molar-refractivity contribution is 7.80. The lowest BCUT2D eigenvalue weighted by Crippen LogP contribution is -2.21. The smallest absolute Gasteiger partial charge is 0.475 e.